The maximum Gasteiger partial charge on any atom is 0.257 e. The molecule has 0 aliphatic carbocycles. The van der Waals surface area contributed by atoms with Crippen molar-refractivity contribution in [1.29, 1.82) is 0 Å². The van der Waals surface area contributed by atoms with Crippen molar-refractivity contribution in [3.63, 3.8) is 0 Å². The summed E-state index contributed by atoms with van der Waals surface area (Å²) in [5.41, 5.74) is 3.61. The standard InChI is InChI=1S/C23H22BrN3O3/c1-15-18(10-11-20(26-15)16-6-5-7-17(24)14-16)23(29)27-21-9-4-3-8-19(21)22(28)25-12-13-30-2/h3-11,14H,12-13H2,1-2H3,(H,25,28)(H,27,29). The van der Waals surface area contributed by atoms with E-state index in [1.54, 1.807) is 44.4 Å². The van der Waals surface area contributed by atoms with Crippen LogP contribution in [0.3, 0.4) is 0 Å². The van der Waals surface area contributed by atoms with Gasteiger partial charge in [0.2, 0.25) is 0 Å². The molecular weight excluding hydrogens is 446 g/mol. The molecule has 1 aromatic heterocycles. The number of methoxy groups -OCH3 is 1. The summed E-state index contributed by atoms with van der Waals surface area (Å²) < 4.78 is 5.91. The van der Waals surface area contributed by atoms with Crippen LogP contribution in [0.4, 0.5) is 5.69 Å². The van der Waals surface area contributed by atoms with E-state index in [0.717, 1.165) is 15.7 Å². The Balaban J connectivity index is 1.79. The van der Waals surface area contributed by atoms with Crippen molar-refractivity contribution < 1.29 is 14.3 Å². The highest BCUT2D eigenvalue weighted by Crippen LogP contribution is 2.23. The maximum absolute atomic E-state index is 12.9. The van der Waals surface area contributed by atoms with Gasteiger partial charge in [-0.05, 0) is 43.3 Å². The van der Waals surface area contributed by atoms with Crippen LogP contribution in [0.2, 0.25) is 0 Å². The van der Waals surface area contributed by atoms with Crippen molar-refractivity contribution in [2.75, 3.05) is 25.6 Å². The SMILES string of the molecule is COCCNC(=O)c1ccccc1NC(=O)c1ccc(-c2cccc(Br)c2)nc1C. The van der Waals surface area contributed by atoms with Gasteiger partial charge in [-0.1, -0.05) is 40.2 Å². The first kappa shape index (κ1) is 21.7. The number of halogens is 1. The molecule has 6 nitrogen and oxygen atoms in total. The minimum atomic E-state index is -0.321. The quantitative estimate of drug-likeness (QED) is 0.503. The van der Waals surface area contributed by atoms with Crippen molar-refractivity contribution in [2.24, 2.45) is 0 Å². The number of pyridine rings is 1. The fourth-order valence-corrected chi connectivity index (χ4v) is 3.35. The molecule has 0 atom stereocenters. The first-order chi connectivity index (χ1) is 14.5. The van der Waals surface area contributed by atoms with Gasteiger partial charge < -0.3 is 15.4 Å². The number of aromatic nitrogens is 1. The van der Waals surface area contributed by atoms with E-state index in [4.69, 9.17) is 4.74 Å². The molecule has 2 aromatic carbocycles. The third-order valence-electron chi connectivity index (χ3n) is 4.46. The predicted molar refractivity (Wildman–Crippen MR) is 121 cm³/mol. The molecule has 7 heteroatoms. The smallest absolute Gasteiger partial charge is 0.257 e. The number of hydrogen-bond acceptors (Lipinski definition) is 4. The van der Waals surface area contributed by atoms with E-state index in [-0.39, 0.29) is 11.8 Å². The number of benzene rings is 2. The summed E-state index contributed by atoms with van der Waals surface area (Å²) in [6, 6.07) is 18.3. The topological polar surface area (TPSA) is 80.3 Å². The Labute approximate surface area is 183 Å². The molecule has 0 radical (unpaired) electrons. The number of hydrogen-bond donors (Lipinski definition) is 2. The Morgan fingerprint density at radius 1 is 1.00 bits per heavy atom. The van der Waals surface area contributed by atoms with Crippen LogP contribution in [0.15, 0.2) is 65.1 Å². The van der Waals surface area contributed by atoms with E-state index in [9.17, 15) is 9.59 Å². The summed E-state index contributed by atoms with van der Waals surface area (Å²) in [5.74, 6) is -0.597. The third kappa shape index (κ3) is 5.31. The van der Waals surface area contributed by atoms with E-state index in [1.807, 2.05) is 30.3 Å². The van der Waals surface area contributed by atoms with Crippen LogP contribution in [-0.2, 0) is 4.74 Å². The van der Waals surface area contributed by atoms with Gasteiger partial charge in [-0.2, -0.15) is 0 Å². The second-order valence-corrected chi connectivity index (χ2v) is 7.50. The molecule has 3 aromatic rings. The van der Waals surface area contributed by atoms with Gasteiger partial charge in [-0.25, -0.2) is 0 Å². The molecule has 0 aliphatic rings. The molecule has 2 amide bonds. The first-order valence-corrected chi connectivity index (χ1v) is 10.2. The molecular formula is C23H22BrN3O3. The van der Waals surface area contributed by atoms with Crippen LogP contribution >= 0.6 is 15.9 Å². The zero-order valence-corrected chi connectivity index (χ0v) is 18.3. The molecule has 2 N–H and O–H groups in total. The molecule has 0 saturated carbocycles. The van der Waals surface area contributed by atoms with Gasteiger partial charge in [0, 0.05) is 23.7 Å². The summed E-state index contributed by atoms with van der Waals surface area (Å²) in [5, 5.41) is 5.59. The lowest BCUT2D eigenvalue weighted by Crippen LogP contribution is -2.28. The van der Waals surface area contributed by atoms with Gasteiger partial charge in [-0.3, -0.25) is 14.6 Å². The molecule has 0 spiro atoms. The van der Waals surface area contributed by atoms with Crippen molar-refractivity contribution in [3.8, 4) is 11.3 Å². The zero-order valence-electron chi connectivity index (χ0n) is 16.7. The van der Waals surface area contributed by atoms with E-state index >= 15 is 0 Å². The molecule has 0 unspecified atom stereocenters. The summed E-state index contributed by atoms with van der Waals surface area (Å²) in [6.07, 6.45) is 0. The van der Waals surface area contributed by atoms with Crippen LogP contribution in [0.25, 0.3) is 11.3 Å². The van der Waals surface area contributed by atoms with Gasteiger partial charge in [-0.15, -0.1) is 0 Å². The third-order valence-corrected chi connectivity index (χ3v) is 4.96. The minimum absolute atomic E-state index is 0.275. The number of aryl methyl sites for hydroxylation is 1. The lowest BCUT2D eigenvalue weighted by Gasteiger charge is -2.13. The molecule has 1 heterocycles. The highest BCUT2D eigenvalue weighted by molar-refractivity contribution is 9.10. The molecule has 0 bridgehead atoms. The van der Waals surface area contributed by atoms with Gasteiger partial charge in [0.25, 0.3) is 11.8 Å². The highest BCUT2D eigenvalue weighted by Gasteiger charge is 2.16. The Morgan fingerprint density at radius 2 is 1.80 bits per heavy atom. The van der Waals surface area contributed by atoms with E-state index in [1.165, 1.54) is 0 Å². The molecule has 30 heavy (non-hydrogen) atoms. The number of nitrogens with zero attached hydrogens (tertiary/aromatic N) is 1. The Hall–Kier alpha value is -3.03. The molecule has 0 saturated heterocycles. The van der Waals surface area contributed by atoms with Crippen LogP contribution < -0.4 is 10.6 Å². The average molecular weight is 468 g/mol. The molecule has 0 aliphatic heterocycles. The normalized spacial score (nSPS) is 10.5. The number of para-hydroxylation sites is 1. The molecule has 0 fully saturated rings. The fourth-order valence-electron chi connectivity index (χ4n) is 2.95. The van der Waals surface area contributed by atoms with E-state index in [0.29, 0.717) is 35.7 Å². The zero-order chi connectivity index (χ0) is 21.5. The number of amides is 2. The van der Waals surface area contributed by atoms with Crippen LogP contribution in [0.1, 0.15) is 26.4 Å². The summed E-state index contributed by atoms with van der Waals surface area (Å²) in [6.45, 7) is 2.59. The molecule has 154 valence electrons. The second-order valence-electron chi connectivity index (χ2n) is 6.59. The lowest BCUT2D eigenvalue weighted by atomic mass is 10.1. The lowest BCUT2D eigenvalue weighted by molar-refractivity contribution is 0.0938. The van der Waals surface area contributed by atoms with Gasteiger partial charge in [0.15, 0.2) is 0 Å². The van der Waals surface area contributed by atoms with Crippen molar-refractivity contribution in [1.82, 2.24) is 10.3 Å². The summed E-state index contributed by atoms with van der Waals surface area (Å²) >= 11 is 3.46. The van der Waals surface area contributed by atoms with Crippen LogP contribution in [0, 0.1) is 6.92 Å². The fraction of sp³-hybridized carbons (Fsp3) is 0.174. The van der Waals surface area contributed by atoms with Gasteiger partial charge >= 0.3 is 0 Å². The van der Waals surface area contributed by atoms with Crippen LogP contribution in [-0.4, -0.2) is 37.1 Å². The Morgan fingerprint density at radius 3 is 2.53 bits per heavy atom. The van der Waals surface area contributed by atoms with Crippen molar-refractivity contribution in [2.45, 2.75) is 6.92 Å². The minimum Gasteiger partial charge on any atom is -0.383 e. The second kappa shape index (κ2) is 10.1. The van der Waals surface area contributed by atoms with Gasteiger partial charge in [0.1, 0.15) is 0 Å². The van der Waals surface area contributed by atoms with Crippen molar-refractivity contribution in [3.05, 3.63) is 82.0 Å². The Bertz CT molecular complexity index is 1070. The Kier molecular flexibility index (Phi) is 7.32. The largest absolute Gasteiger partial charge is 0.383 e. The summed E-state index contributed by atoms with van der Waals surface area (Å²) in [4.78, 5) is 29.9. The number of ether oxygens (including phenoxy) is 1. The summed E-state index contributed by atoms with van der Waals surface area (Å²) in [7, 11) is 1.57. The number of carbonyl (C=O) groups is 2. The van der Waals surface area contributed by atoms with E-state index in [2.05, 4.69) is 31.5 Å². The average Bonchev–Trinajstić information content (AvgIpc) is 2.74. The van der Waals surface area contributed by atoms with Crippen LogP contribution in [0.5, 0.6) is 0 Å². The highest BCUT2D eigenvalue weighted by atomic mass is 79.9. The maximum atomic E-state index is 12.9. The monoisotopic (exact) mass is 467 g/mol. The first-order valence-electron chi connectivity index (χ1n) is 9.40. The number of nitrogens with one attached hydrogen (secondary N) is 2. The molecule has 3 rings (SSSR count). The number of rotatable bonds is 7. The van der Waals surface area contributed by atoms with Crippen molar-refractivity contribution >= 4 is 33.4 Å². The number of anilines is 1. The predicted octanol–water partition coefficient (Wildman–Crippen LogP) is 4.45. The number of carbonyl (C=O) groups excluding carboxylic acids is 2. The van der Waals surface area contributed by atoms with E-state index < -0.39 is 0 Å². The van der Waals surface area contributed by atoms with Gasteiger partial charge in [0.05, 0.1) is 34.8 Å².